The van der Waals surface area contributed by atoms with Gasteiger partial charge in [0, 0.05) is 6.42 Å². The zero-order valence-corrected chi connectivity index (χ0v) is 8.26. The van der Waals surface area contributed by atoms with Crippen molar-refractivity contribution < 1.29 is 14.3 Å². The predicted molar refractivity (Wildman–Crippen MR) is 48.2 cm³/mol. The van der Waals surface area contributed by atoms with Crippen molar-refractivity contribution in [2.24, 2.45) is 5.41 Å². The van der Waals surface area contributed by atoms with Crippen molar-refractivity contribution in [3.8, 4) is 0 Å². The predicted octanol–water partition coefficient (Wildman–Crippen LogP) is 1.70. The Morgan fingerprint density at radius 3 is 2.31 bits per heavy atom. The van der Waals surface area contributed by atoms with Gasteiger partial charge in [0.05, 0.1) is 6.61 Å². The van der Waals surface area contributed by atoms with Gasteiger partial charge in [0.25, 0.3) is 0 Å². The standard InChI is InChI=1S/C10H16O3/c1-3-5-8(11)10(6-7-10)9(12)13-4-2/h3-7H2,1-2H3. The lowest BCUT2D eigenvalue weighted by molar-refractivity contribution is -0.153. The van der Waals surface area contributed by atoms with Crippen LogP contribution in [0.25, 0.3) is 0 Å². The Kier molecular flexibility index (Phi) is 3.07. The molecule has 1 fully saturated rings. The molecular weight excluding hydrogens is 168 g/mol. The second-order valence-electron chi connectivity index (χ2n) is 3.48. The van der Waals surface area contributed by atoms with Crippen LogP contribution in [0.2, 0.25) is 0 Å². The first-order chi connectivity index (χ1) is 6.17. The number of hydrogen-bond donors (Lipinski definition) is 0. The third kappa shape index (κ3) is 1.90. The number of ketones is 1. The van der Waals surface area contributed by atoms with E-state index in [9.17, 15) is 9.59 Å². The minimum atomic E-state index is -0.730. The van der Waals surface area contributed by atoms with E-state index in [1.807, 2.05) is 6.92 Å². The van der Waals surface area contributed by atoms with Crippen LogP contribution in [0.3, 0.4) is 0 Å². The van der Waals surface area contributed by atoms with E-state index in [4.69, 9.17) is 4.74 Å². The van der Waals surface area contributed by atoms with Crippen molar-refractivity contribution in [3.63, 3.8) is 0 Å². The summed E-state index contributed by atoms with van der Waals surface area (Å²) in [7, 11) is 0. The number of rotatable bonds is 5. The Morgan fingerprint density at radius 1 is 1.31 bits per heavy atom. The molecule has 0 aliphatic heterocycles. The minimum absolute atomic E-state index is 0.0634. The molecule has 0 spiro atoms. The Hall–Kier alpha value is -0.860. The Bertz CT molecular complexity index is 196. The van der Waals surface area contributed by atoms with E-state index >= 15 is 0 Å². The smallest absolute Gasteiger partial charge is 0.319 e. The fraction of sp³-hybridized carbons (Fsp3) is 0.800. The summed E-state index contributed by atoms with van der Waals surface area (Å²) < 4.78 is 4.88. The second kappa shape index (κ2) is 3.90. The van der Waals surface area contributed by atoms with Gasteiger partial charge in [-0.3, -0.25) is 9.59 Å². The van der Waals surface area contributed by atoms with Crippen molar-refractivity contribution in [2.45, 2.75) is 39.5 Å². The summed E-state index contributed by atoms with van der Waals surface area (Å²) in [5.74, 6) is -0.248. The van der Waals surface area contributed by atoms with Crippen molar-refractivity contribution in [3.05, 3.63) is 0 Å². The van der Waals surface area contributed by atoms with Crippen LogP contribution in [0.5, 0.6) is 0 Å². The summed E-state index contributed by atoms with van der Waals surface area (Å²) in [4.78, 5) is 22.9. The highest BCUT2D eigenvalue weighted by Crippen LogP contribution is 2.48. The monoisotopic (exact) mass is 184 g/mol. The molecule has 1 saturated carbocycles. The highest BCUT2D eigenvalue weighted by molar-refractivity contribution is 6.06. The minimum Gasteiger partial charge on any atom is -0.465 e. The number of esters is 1. The number of carbonyl (C=O) groups excluding carboxylic acids is 2. The summed E-state index contributed by atoms with van der Waals surface area (Å²) in [5.41, 5.74) is -0.730. The van der Waals surface area contributed by atoms with Crippen LogP contribution in [0.1, 0.15) is 39.5 Å². The van der Waals surface area contributed by atoms with Crippen LogP contribution >= 0.6 is 0 Å². The van der Waals surface area contributed by atoms with E-state index in [1.54, 1.807) is 6.92 Å². The van der Waals surface area contributed by atoms with Gasteiger partial charge in [-0.2, -0.15) is 0 Å². The third-order valence-corrected chi connectivity index (χ3v) is 2.43. The molecule has 74 valence electrons. The van der Waals surface area contributed by atoms with E-state index in [1.165, 1.54) is 0 Å². The van der Waals surface area contributed by atoms with E-state index in [0.29, 0.717) is 25.9 Å². The zero-order valence-electron chi connectivity index (χ0n) is 8.26. The van der Waals surface area contributed by atoms with Crippen molar-refractivity contribution in [1.29, 1.82) is 0 Å². The lowest BCUT2D eigenvalue weighted by Gasteiger charge is -2.11. The van der Waals surface area contributed by atoms with Gasteiger partial charge in [-0.05, 0) is 26.2 Å². The molecule has 0 heterocycles. The number of hydrogen-bond acceptors (Lipinski definition) is 3. The van der Waals surface area contributed by atoms with Crippen LogP contribution in [0.15, 0.2) is 0 Å². The van der Waals surface area contributed by atoms with Gasteiger partial charge in [0.15, 0.2) is 0 Å². The van der Waals surface area contributed by atoms with Gasteiger partial charge in [-0.25, -0.2) is 0 Å². The summed E-state index contributed by atoms with van der Waals surface area (Å²) in [6, 6.07) is 0. The maximum atomic E-state index is 11.5. The van der Waals surface area contributed by atoms with Crippen LogP contribution in [-0.2, 0) is 14.3 Å². The first kappa shape index (κ1) is 10.2. The summed E-state index contributed by atoms with van der Waals surface area (Å²) >= 11 is 0. The molecule has 0 aromatic heterocycles. The molecule has 0 saturated heterocycles. The van der Waals surface area contributed by atoms with Crippen LogP contribution < -0.4 is 0 Å². The third-order valence-electron chi connectivity index (χ3n) is 2.43. The molecule has 0 radical (unpaired) electrons. The Morgan fingerprint density at radius 2 is 1.92 bits per heavy atom. The fourth-order valence-electron chi connectivity index (χ4n) is 1.46. The molecule has 0 atom stereocenters. The Labute approximate surface area is 78.5 Å². The largest absolute Gasteiger partial charge is 0.465 e. The fourth-order valence-corrected chi connectivity index (χ4v) is 1.46. The average molecular weight is 184 g/mol. The lowest BCUT2D eigenvalue weighted by atomic mass is 9.98. The molecule has 0 aromatic carbocycles. The van der Waals surface area contributed by atoms with E-state index in [0.717, 1.165) is 6.42 Å². The molecule has 0 N–H and O–H groups in total. The van der Waals surface area contributed by atoms with Crippen LogP contribution in [-0.4, -0.2) is 18.4 Å². The molecule has 1 aliphatic rings. The maximum Gasteiger partial charge on any atom is 0.319 e. The molecule has 1 rings (SSSR count). The zero-order chi connectivity index (χ0) is 9.90. The van der Waals surface area contributed by atoms with Gasteiger partial charge in [-0.1, -0.05) is 6.92 Å². The van der Waals surface area contributed by atoms with Crippen molar-refractivity contribution in [2.75, 3.05) is 6.61 Å². The Balaban J connectivity index is 2.55. The highest BCUT2D eigenvalue weighted by atomic mass is 16.5. The highest BCUT2D eigenvalue weighted by Gasteiger charge is 2.56. The van der Waals surface area contributed by atoms with Gasteiger partial charge in [0.1, 0.15) is 11.2 Å². The molecule has 0 bridgehead atoms. The lowest BCUT2D eigenvalue weighted by Crippen LogP contribution is -2.27. The quantitative estimate of drug-likeness (QED) is 0.482. The van der Waals surface area contributed by atoms with Crippen LogP contribution in [0.4, 0.5) is 0 Å². The maximum absolute atomic E-state index is 11.5. The van der Waals surface area contributed by atoms with Gasteiger partial charge < -0.3 is 4.74 Å². The molecule has 0 unspecified atom stereocenters. The topological polar surface area (TPSA) is 43.4 Å². The molecule has 3 heteroatoms. The van der Waals surface area contributed by atoms with Crippen molar-refractivity contribution >= 4 is 11.8 Å². The van der Waals surface area contributed by atoms with E-state index < -0.39 is 5.41 Å². The number of Topliss-reactive ketones (excluding diaryl/α,β-unsaturated/α-hetero) is 1. The molecule has 3 nitrogen and oxygen atoms in total. The normalized spacial score (nSPS) is 18.0. The average Bonchev–Trinajstić information content (AvgIpc) is 2.85. The summed E-state index contributed by atoms with van der Waals surface area (Å²) in [6.07, 6.45) is 2.67. The molecule has 1 aliphatic carbocycles. The van der Waals surface area contributed by atoms with Crippen molar-refractivity contribution in [1.82, 2.24) is 0 Å². The van der Waals surface area contributed by atoms with Gasteiger partial charge >= 0.3 is 5.97 Å². The van der Waals surface area contributed by atoms with E-state index in [-0.39, 0.29) is 11.8 Å². The molecular formula is C10H16O3. The first-order valence-corrected chi connectivity index (χ1v) is 4.88. The van der Waals surface area contributed by atoms with E-state index in [2.05, 4.69) is 0 Å². The number of carbonyl (C=O) groups is 2. The summed E-state index contributed by atoms with van der Waals surface area (Å²) in [6.45, 7) is 4.07. The van der Waals surface area contributed by atoms with Gasteiger partial charge in [0.2, 0.25) is 0 Å². The first-order valence-electron chi connectivity index (χ1n) is 4.88. The SMILES string of the molecule is CCCC(=O)C1(C(=O)OCC)CC1. The summed E-state index contributed by atoms with van der Waals surface area (Å²) in [5, 5.41) is 0. The van der Waals surface area contributed by atoms with Gasteiger partial charge in [-0.15, -0.1) is 0 Å². The second-order valence-corrected chi connectivity index (χ2v) is 3.48. The number of ether oxygens (including phenoxy) is 1. The molecule has 0 aromatic rings. The molecule has 0 amide bonds. The van der Waals surface area contributed by atoms with Crippen LogP contribution in [0, 0.1) is 5.41 Å². The molecule has 13 heavy (non-hydrogen) atoms.